The highest BCUT2D eigenvalue weighted by molar-refractivity contribution is 5.77. The summed E-state index contributed by atoms with van der Waals surface area (Å²) in [7, 11) is 1.52. The molecule has 0 heterocycles. The molecule has 4 nitrogen and oxygen atoms in total. The number of hydrogen-bond donors (Lipinski definition) is 2. The fraction of sp³-hybridized carbons (Fsp3) is 0.952. The van der Waals surface area contributed by atoms with Crippen molar-refractivity contribution in [3.8, 4) is 0 Å². The molecular weight excluding hydrogens is 316 g/mol. The van der Waals surface area contributed by atoms with E-state index in [1.54, 1.807) is 0 Å². The molecule has 1 spiro atoms. The number of fused-ring (bicyclic) bond motifs is 3. The Bertz CT molecular complexity index is 576. The van der Waals surface area contributed by atoms with Crippen molar-refractivity contribution in [3.63, 3.8) is 0 Å². The molecule has 1 unspecified atom stereocenters. The quantitative estimate of drug-likeness (QED) is 0.750. The first-order chi connectivity index (χ1) is 11.7. The van der Waals surface area contributed by atoms with Crippen LogP contribution in [0.25, 0.3) is 0 Å². The molecule has 4 heteroatoms. The SMILES string of the molecule is COC(=O)[C@]1(C)CCC[C@@]2(C)[C@@H]3CCC4C[C@@]3(CC[C@@H]21)C[C@]4(O)CO. The lowest BCUT2D eigenvalue weighted by molar-refractivity contribution is -0.184. The first-order valence-corrected chi connectivity index (χ1v) is 10.2. The van der Waals surface area contributed by atoms with Crippen LogP contribution in [0.1, 0.15) is 71.6 Å². The Morgan fingerprint density at radius 2 is 1.88 bits per heavy atom. The second kappa shape index (κ2) is 5.45. The van der Waals surface area contributed by atoms with E-state index in [2.05, 4.69) is 13.8 Å². The zero-order chi connectivity index (χ0) is 18.1. The highest BCUT2D eigenvalue weighted by Crippen LogP contribution is 2.72. The molecule has 0 aromatic rings. The highest BCUT2D eigenvalue weighted by atomic mass is 16.5. The summed E-state index contributed by atoms with van der Waals surface area (Å²) in [5.74, 6) is 1.15. The highest BCUT2D eigenvalue weighted by Gasteiger charge is 2.68. The van der Waals surface area contributed by atoms with Gasteiger partial charge in [-0.2, -0.15) is 0 Å². The van der Waals surface area contributed by atoms with E-state index in [4.69, 9.17) is 4.74 Å². The van der Waals surface area contributed by atoms with Crippen LogP contribution in [0.4, 0.5) is 0 Å². The van der Waals surface area contributed by atoms with Gasteiger partial charge in [-0.15, -0.1) is 0 Å². The number of rotatable bonds is 2. The van der Waals surface area contributed by atoms with E-state index in [1.165, 1.54) is 13.5 Å². The number of aliphatic hydroxyl groups excluding tert-OH is 1. The number of carbonyl (C=O) groups excluding carboxylic acids is 1. The second-order valence-electron chi connectivity index (χ2n) is 10.2. The van der Waals surface area contributed by atoms with Crippen LogP contribution in [0.2, 0.25) is 0 Å². The monoisotopic (exact) mass is 350 g/mol. The van der Waals surface area contributed by atoms with E-state index < -0.39 is 5.60 Å². The van der Waals surface area contributed by atoms with Gasteiger partial charge in [0.2, 0.25) is 0 Å². The van der Waals surface area contributed by atoms with E-state index in [0.29, 0.717) is 11.8 Å². The van der Waals surface area contributed by atoms with E-state index in [0.717, 1.165) is 51.4 Å². The van der Waals surface area contributed by atoms with Crippen molar-refractivity contribution in [2.45, 2.75) is 77.2 Å². The summed E-state index contributed by atoms with van der Waals surface area (Å²) in [5, 5.41) is 20.8. The summed E-state index contributed by atoms with van der Waals surface area (Å²) in [6.07, 6.45) is 9.30. The third kappa shape index (κ3) is 2.16. The van der Waals surface area contributed by atoms with E-state index in [9.17, 15) is 15.0 Å². The molecule has 0 aromatic heterocycles. The van der Waals surface area contributed by atoms with Crippen LogP contribution in [0.15, 0.2) is 0 Å². The van der Waals surface area contributed by atoms with Gasteiger partial charge in [0.15, 0.2) is 0 Å². The van der Waals surface area contributed by atoms with E-state index in [-0.39, 0.29) is 34.7 Å². The van der Waals surface area contributed by atoms with Gasteiger partial charge >= 0.3 is 5.97 Å². The maximum Gasteiger partial charge on any atom is 0.311 e. The van der Waals surface area contributed by atoms with Crippen LogP contribution in [-0.2, 0) is 9.53 Å². The van der Waals surface area contributed by atoms with E-state index in [1.807, 2.05) is 0 Å². The Balaban J connectivity index is 1.71. The minimum atomic E-state index is -0.877. The molecule has 4 aliphatic rings. The Morgan fingerprint density at radius 3 is 2.56 bits per heavy atom. The summed E-state index contributed by atoms with van der Waals surface area (Å²) >= 11 is 0. The predicted molar refractivity (Wildman–Crippen MR) is 94.7 cm³/mol. The molecule has 0 aliphatic heterocycles. The number of hydrogen-bond acceptors (Lipinski definition) is 4. The maximum atomic E-state index is 12.7. The topological polar surface area (TPSA) is 66.8 Å². The molecule has 2 N–H and O–H groups in total. The van der Waals surface area contributed by atoms with Gasteiger partial charge in [-0.25, -0.2) is 0 Å². The fourth-order valence-electron chi connectivity index (χ4n) is 8.28. The van der Waals surface area contributed by atoms with Gasteiger partial charge in [-0.05, 0) is 86.9 Å². The molecule has 0 aromatic carbocycles. The molecule has 7 atom stereocenters. The van der Waals surface area contributed by atoms with Gasteiger partial charge in [-0.3, -0.25) is 4.79 Å². The second-order valence-corrected chi connectivity index (χ2v) is 10.2. The van der Waals surface area contributed by atoms with Crippen molar-refractivity contribution < 1.29 is 19.7 Å². The minimum absolute atomic E-state index is 0.0358. The molecule has 0 radical (unpaired) electrons. The summed E-state index contributed by atoms with van der Waals surface area (Å²) in [5.41, 5.74) is -0.935. The Kier molecular flexibility index (Phi) is 3.88. The lowest BCUT2D eigenvalue weighted by atomic mass is 9.41. The van der Waals surface area contributed by atoms with Crippen molar-refractivity contribution in [2.24, 2.45) is 34.0 Å². The lowest BCUT2D eigenvalue weighted by Crippen LogP contribution is -2.58. The third-order valence-electron chi connectivity index (χ3n) is 9.24. The van der Waals surface area contributed by atoms with E-state index >= 15 is 0 Å². The molecular formula is C21H34O4. The Hall–Kier alpha value is -0.610. The van der Waals surface area contributed by atoms with Crippen LogP contribution in [0.3, 0.4) is 0 Å². The van der Waals surface area contributed by atoms with Crippen LogP contribution >= 0.6 is 0 Å². The van der Waals surface area contributed by atoms with Gasteiger partial charge in [0.25, 0.3) is 0 Å². The molecule has 4 fully saturated rings. The average molecular weight is 350 g/mol. The van der Waals surface area contributed by atoms with Crippen molar-refractivity contribution in [1.82, 2.24) is 0 Å². The molecule has 2 bridgehead atoms. The van der Waals surface area contributed by atoms with Crippen molar-refractivity contribution in [2.75, 3.05) is 13.7 Å². The van der Waals surface area contributed by atoms with Crippen LogP contribution in [0.5, 0.6) is 0 Å². The largest absolute Gasteiger partial charge is 0.469 e. The number of aliphatic hydroxyl groups is 2. The van der Waals surface area contributed by atoms with Gasteiger partial charge in [0.05, 0.1) is 24.7 Å². The van der Waals surface area contributed by atoms with Crippen LogP contribution < -0.4 is 0 Å². The summed E-state index contributed by atoms with van der Waals surface area (Å²) in [6, 6.07) is 0. The molecule has 0 amide bonds. The number of methoxy groups -OCH3 is 1. The first-order valence-electron chi connectivity index (χ1n) is 10.2. The number of ether oxygens (including phenoxy) is 1. The zero-order valence-corrected chi connectivity index (χ0v) is 16.0. The first kappa shape index (κ1) is 17.8. The molecule has 0 saturated heterocycles. The molecule has 4 saturated carbocycles. The van der Waals surface area contributed by atoms with Crippen LogP contribution in [0, 0.1) is 34.0 Å². The molecule has 4 rings (SSSR count). The summed E-state index contributed by atoms with van der Waals surface area (Å²) in [4.78, 5) is 12.7. The predicted octanol–water partition coefficient (Wildman–Crippen LogP) is 3.30. The van der Waals surface area contributed by atoms with Crippen molar-refractivity contribution in [3.05, 3.63) is 0 Å². The maximum absolute atomic E-state index is 12.7. The number of carbonyl (C=O) groups is 1. The van der Waals surface area contributed by atoms with Gasteiger partial charge in [0.1, 0.15) is 0 Å². The normalized spacial score (nSPS) is 54.5. The summed E-state index contributed by atoms with van der Waals surface area (Å²) in [6.45, 7) is 4.44. The molecule has 4 aliphatic carbocycles. The van der Waals surface area contributed by atoms with Crippen molar-refractivity contribution in [1.29, 1.82) is 0 Å². The molecule has 25 heavy (non-hydrogen) atoms. The van der Waals surface area contributed by atoms with Crippen molar-refractivity contribution >= 4 is 5.97 Å². The van der Waals surface area contributed by atoms with Gasteiger partial charge in [-0.1, -0.05) is 13.3 Å². The molecule has 142 valence electrons. The Morgan fingerprint density at radius 1 is 1.12 bits per heavy atom. The van der Waals surface area contributed by atoms with Gasteiger partial charge < -0.3 is 14.9 Å². The fourth-order valence-corrected chi connectivity index (χ4v) is 8.28. The zero-order valence-electron chi connectivity index (χ0n) is 16.0. The third-order valence-corrected chi connectivity index (χ3v) is 9.24. The summed E-state index contributed by atoms with van der Waals surface area (Å²) < 4.78 is 5.22. The Labute approximate surface area is 151 Å². The lowest BCUT2D eigenvalue weighted by Gasteiger charge is -2.63. The van der Waals surface area contributed by atoms with Gasteiger partial charge in [0, 0.05) is 0 Å². The number of esters is 1. The smallest absolute Gasteiger partial charge is 0.311 e. The standard InChI is InChI=1S/C21H34O4/c1-18-8-4-9-19(2,17(23)25-3)15(18)7-10-20-11-14(5-6-16(18)20)21(24,12-20)13-22/h14-16,22,24H,4-13H2,1-3H3/t14?,15-,16-,18+,19+,20-,21-/m0/s1. The average Bonchev–Trinajstić information content (AvgIpc) is 2.80. The minimum Gasteiger partial charge on any atom is -0.469 e. The van der Waals surface area contributed by atoms with Crippen LogP contribution in [-0.4, -0.2) is 35.5 Å².